The number of pyridine rings is 1. The lowest BCUT2D eigenvalue weighted by Gasteiger charge is -2.24. The molecule has 0 spiro atoms. The normalized spacial score (nSPS) is 12.5. The van der Waals surface area contributed by atoms with Crippen molar-refractivity contribution in [3.63, 3.8) is 0 Å². The molecule has 1 unspecified atom stereocenters. The number of anilines is 1. The molecule has 0 radical (unpaired) electrons. The van der Waals surface area contributed by atoms with Crippen molar-refractivity contribution in [1.29, 1.82) is 0 Å². The van der Waals surface area contributed by atoms with Gasteiger partial charge in [0.25, 0.3) is 0 Å². The van der Waals surface area contributed by atoms with Crippen molar-refractivity contribution in [1.82, 2.24) is 19.9 Å². The Hall–Kier alpha value is -2.89. The highest BCUT2D eigenvalue weighted by molar-refractivity contribution is 5.89. The Labute approximate surface area is 166 Å². The predicted molar refractivity (Wildman–Crippen MR) is 113 cm³/mol. The SMILES string of the molecule is CCc1ccc(NC(=O)NC(c2nc3cccnc3n2C(C)C)C(C)C)cc1. The zero-order chi connectivity index (χ0) is 20.3. The molecule has 0 aliphatic rings. The molecule has 2 amide bonds. The minimum atomic E-state index is -0.238. The number of amides is 2. The van der Waals surface area contributed by atoms with E-state index in [4.69, 9.17) is 4.98 Å². The summed E-state index contributed by atoms with van der Waals surface area (Å²) in [6.45, 7) is 10.5. The van der Waals surface area contributed by atoms with Crippen LogP contribution in [0.2, 0.25) is 0 Å². The Bertz CT molecular complexity index is 943. The zero-order valence-electron chi connectivity index (χ0n) is 17.2. The van der Waals surface area contributed by atoms with Crippen LogP contribution in [0.5, 0.6) is 0 Å². The number of nitrogens with one attached hydrogen (secondary N) is 2. The van der Waals surface area contributed by atoms with Crippen LogP contribution in [0.1, 0.15) is 58.1 Å². The summed E-state index contributed by atoms with van der Waals surface area (Å²) in [5.41, 5.74) is 3.70. The van der Waals surface area contributed by atoms with Crippen molar-refractivity contribution in [2.75, 3.05) is 5.32 Å². The maximum Gasteiger partial charge on any atom is 0.319 e. The minimum Gasteiger partial charge on any atom is -0.328 e. The standard InChI is InChI=1S/C22H29N5O/c1-6-16-9-11-17(12-10-16)24-22(28)26-19(14(2)3)21-25-18-8-7-13-23-20(18)27(21)15(4)5/h7-15,19H,6H2,1-5H3,(H2,24,26,28). The number of urea groups is 1. The molecule has 148 valence electrons. The lowest BCUT2D eigenvalue weighted by Crippen LogP contribution is -2.36. The molecule has 0 fully saturated rings. The van der Waals surface area contributed by atoms with Gasteiger partial charge in [-0.05, 0) is 56.0 Å². The van der Waals surface area contributed by atoms with Crippen LogP contribution in [-0.4, -0.2) is 20.6 Å². The maximum absolute atomic E-state index is 12.7. The number of benzene rings is 1. The van der Waals surface area contributed by atoms with Gasteiger partial charge in [0.2, 0.25) is 0 Å². The fourth-order valence-corrected chi connectivity index (χ4v) is 3.34. The summed E-state index contributed by atoms with van der Waals surface area (Å²) < 4.78 is 2.11. The van der Waals surface area contributed by atoms with Crippen LogP contribution in [-0.2, 0) is 6.42 Å². The van der Waals surface area contributed by atoms with Gasteiger partial charge in [0.05, 0.1) is 6.04 Å². The van der Waals surface area contributed by atoms with Crippen LogP contribution in [0.3, 0.4) is 0 Å². The summed E-state index contributed by atoms with van der Waals surface area (Å²) in [7, 11) is 0. The zero-order valence-corrected chi connectivity index (χ0v) is 17.2. The number of rotatable bonds is 6. The van der Waals surface area contributed by atoms with Crippen molar-refractivity contribution in [2.24, 2.45) is 5.92 Å². The highest BCUT2D eigenvalue weighted by Gasteiger charge is 2.26. The maximum atomic E-state index is 12.7. The van der Waals surface area contributed by atoms with Gasteiger partial charge >= 0.3 is 6.03 Å². The van der Waals surface area contributed by atoms with Gasteiger partial charge in [-0.15, -0.1) is 0 Å². The van der Waals surface area contributed by atoms with E-state index < -0.39 is 0 Å². The van der Waals surface area contributed by atoms with Crippen molar-refractivity contribution < 1.29 is 4.79 Å². The average molecular weight is 380 g/mol. The fraction of sp³-hybridized carbons (Fsp3) is 0.409. The van der Waals surface area contributed by atoms with E-state index in [9.17, 15) is 4.79 Å². The monoisotopic (exact) mass is 379 g/mol. The van der Waals surface area contributed by atoms with Gasteiger partial charge in [-0.2, -0.15) is 0 Å². The predicted octanol–water partition coefficient (Wildman–Crippen LogP) is 5.09. The molecule has 3 rings (SSSR count). The van der Waals surface area contributed by atoms with E-state index in [1.54, 1.807) is 6.20 Å². The van der Waals surface area contributed by atoms with Crippen molar-refractivity contribution in [3.05, 3.63) is 54.0 Å². The molecule has 1 aromatic carbocycles. The van der Waals surface area contributed by atoms with Gasteiger partial charge in [-0.3, -0.25) is 0 Å². The van der Waals surface area contributed by atoms with E-state index in [0.29, 0.717) is 0 Å². The second-order valence-electron chi connectivity index (χ2n) is 7.65. The number of aromatic nitrogens is 3. The molecule has 0 aliphatic heterocycles. The molecule has 2 aromatic heterocycles. The lowest BCUT2D eigenvalue weighted by atomic mass is 10.0. The lowest BCUT2D eigenvalue weighted by molar-refractivity contribution is 0.243. The van der Waals surface area contributed by atoms with Crippen LogP contribution in [0.4, 0.5) is 10.5 Å². The summed E-state index contributed by atoms with van der Waals surface area (Å²) >= 11 is 0. The van der Waals surface area contributed by atoms with Crippen LogP contribution in [0.15, 0.2) is 42.6 Å². The number of nitrogens with zero attached hydrogens (tertiary/aromatic N) is 3. The fourth-order valence-electron chi connectivity index (χ4n) is 3.34. The Morgan fingerprint density at radius 3 is 2.43 bits per heavy atom. The van der Waals surface area contributed by atoms with Crippen LogP contribution in [0.25, 0.3) is 11.2 Å². The highest BCUT2D eigenvalue weighted by Crippen LogP contribution is 2.28. The van der Waals surface area contributed by atoms with Gasteiger partial charge in [-0.1, -0.05) is 32.9 Å². The van der Waals surface area contributed by atoms with Gasteiger partial charge < -0.3 is 15.2 Å². The van der Waals surface area contributed by atoms with E-state index in [2.05, 4.69) is 54.8 Å². The summed E-state index contributed by atoms with van der Waals surface area (Å²) in [5.74, 6) is 0.998. The van der Waals surface area contributed by atoms with E-state index >= 15 is 0 Å². The molecular formula is C22H29N5O. The topological polar surface area (TPSA) is 71.8 Å². The van der Waals surface area contributed by atoms with Crippen molar-refractivity contribution in [3.8, 4) is 0 Å². The van der Waals surface area contributed by atoms with E-state index in [-0.39, 0.29) is 24.0 Å². The minimum absolute atomic E-state index is 0.169. The number of carbonyl (C=O) groups is 1. The molecule has 3 aromatic rings. The number of fused-ring (bicyclic) bond motifs is 1. The Morgan fingerprint density at radius 2 is 1.82 bits per heavy atom. The largest absolute Gasteiger partial charge is 0.328 e. The first-order chi connectivity index (χ1) is 13.4. The Kier molecular flexibility index (Phi) is 5.97. The van der Waals surface area contributed by atoms with Gasteiger partial charge in [0.15, 0.2) is 5.65 Å². The second-order valence-corrected chi connectivity index (χ2v) is 7.65. The molecular weight excluding hydrogens is 350 g/mol. The summed E-state index contributed by atoms with van der Waals surface area (Å²) in [6, 6.07) is 11.5. The molecule has 0 bridgehead atoms. The molecule has 6 heteroatoms. The van der Waals surface area contributed by atoms with Gasteiger partial charge in [-0.25, -0.2) is 14.8 Å². The third kappa shape index (κ3) is 4.16. The van der Waals surface area contributed by atoms with E-state index in [0.717, 1.165) is 29.1 Å². The molecule has 1 atom stereocenters. The van der Waals surface area contributed by atoms with E-state index in [1.807, 2.05) is 36.4 Å². The molecule has 28 heavy (non-hydrogen) atoms. The third-order valence-electron chi connectivity index (χ3n) is 4.84. The van der Waals surface area contributed by atoms with Crippen LogP contribution < -0.4 is 10.6 Å². The van der Waals surface area contributed by atoms with Crippen LogP contribution >= 0.6 is 0 Å². The second kappa shape index (κ2) is 8.42. The molecule has 2 heterocycles. The van der Waals surface area contributed by atoms with Gasteiger partial charge in [0.1, 0.15) is 11.3 Å². The number of hydrogen-bond donors (Lipinski definition) is 2. The van der Waals surface area contributed by atoms with Crippen molar-refractivity contribution >= 4 is 22.9 Å². The molecule has 0 saturated heterocycles. The average Bonchev–Trinajstić information content (AvgIpc) is 3.05. The number of imidazole rings is 1. The first-order valence-corrected chi connectivity index (χ1v) is 9.90. The first-order valence-electron chi connectivity index (χ1n) is 9.90. The Morgan fingerprint density at radius 1 is 1.11 bits per heavy atom. The number of carbonyl (C=O) groups excluding carboxylic acids is 1. The number of hydrogen-bond acceptors (Lipinski definition) is 3. The summed E-state index contributed by atoms with van der Waals surface area (Å²) in [4.78, 5) is 22.0. The first kappa shape index (κ1) is 19.9. The number of aryl methyl sites for hydroxylation is 1. The molecule has 6 nitrogen and oxygen atoms in total. The Balaban J connectivity index is 1.86. The van der Waals surface area contributed by atoms with E-state index in [1.165, 1.54) is 5.56 Å². The summed E-state index contributed by atoms with van der Waals surface area (Å²) in [5, 5.41) is 6.03. The van der Waals surface area contributed by atoms with Crippen molar-refractivity contribution in [2.45, 2.75) is 53.1 Å². The highest BCUT2D eigenvalue weighted by atomic mass is 16.2. The quantitative estimate of drug-likeness (QED) is 0.626. The third-order valence-corrected chi connectivity index (χ3v) is 4.84. The molecule has 0 aliphatic carbocycles. The molecule has 0 saturated carbocycles. The molecule has 2 N–H and O–H groups in total. The summed E-state index contributed by atoms with van der Waals surface area (Å²) in [6.07, 6.45) is 2.75. The van der Waals surface area contributed by atoms with Gasteiger partial charge in [0, 0.05) is 17.9 Å². The smallest absolute Gasteiger partial charge is 0.319 e. The van der Waals surface area contributed by atoms with Crippen LogP contribution in [0, 0.1) is 5.92 Å².